The Hall–Kier alpha value is -1.32. The average Bonchev–Trinajstić information content (AvgIpc) is 2.95. The van der Waals surface area contributed by atoms with Crippen LogP contribution in [0.5, 0.6) is 0 Å². The number of nitro groups is 1. The van der Waals surface area contributed by atoms with Gasteiger partial charge in [-0.2, -0.15) is 0 Å². The molecule has 18 N–H and O–H groups in total. The molecule has 0 aliphatic carbocycles. The van der Waals surface area contributed by atoms with Crippen LogP contribution < -0.4 is 0 Å². The van der Waals surface area contributed by atoms with E-state index in [2.05, 4.69) is 0 Å². The van der Waals surface area contributed by atoms with Crippen molar-refractivity contribution in [2.24, 2.45) is 0 Å². The van der Waals surface area contributed by atoms with Crippen LogP contribution in [0.15, 0.2) is 0 Å². The second-order valence-corrected chi connectivity index (χ2v) is 9.14. The molecule has 0 aromatic heterocycles. The van der Waals surface area contributed by atoms with E-state index in [1.165, 1.54) is 0 Å². The predicted molar refractivity (Wildman–Crippen MR) is 121 cm³/mol. The molecule has 0 aromatic rings. The minimum Gasteiger partial charge on any atom is -0.394 e. The standard InChI is InChI=1S/C19H39NO20/c21-1-4(24)7(27)10(30)13(33)16(36)19(20(39)40,17(37)14(34)11(31)8(28)5(25)2-22)18(38)15(35)12(32)9(29)6(26)3-23/h4-18,21-38H,1-3H2. The van der Waals surface area contributed by atoms with Crippen molar-refractivity contribution in [1.29, 1.82) is 0 Å². The molecule has 0 aliphatic rings. The molecule has 15 unspecified atom stereocenters. The molecule has 0 spiro atoms. The summed E-state index contributed by atoms with van der Waals surface area (Å²) in [6.45, 7) is -3.84. The molecule has 40 heavy (non-hydrogen) atoms. The second-order valence-electron chi connectivity index (χ2n) is 9.14. The maximum absolute atomic E-state index is 12.3. The molecule has 0 aromatic carbocycles. The van der Waals surface area contributed by atoms with Crippen molar-refractivity contribution in [2.75, 3.05) is 19.8 Å². The van der Waals surface area contributed by atoms with Gasteiger partial charge in [0.25, 0.3) is 0 Å². The SMILES string of the molecule is O=[N+]([O-])C(C(O)C(O)C(O)C(O)C(O)CO)(C(O)C(O)C(O)C(O)C(O)CO)C(O)C(O)C(O)C(O)C(O)CO. The lowest BCUT2D eigenvalue weighted by Crippen LogP contribution is -2.76. The minimum absolute atomic E-state index is 1.28. The number of rotatable bonds is 19. The van der Waals surface area contributed by atoms with E-state index < -0.39 is 122 Å². The zero-order chi connectivity index (χ0) is 31.9. The van der Waals surface area contributed by atoms with Crippen LogP contribution in [0, 0.1) is 10.1 Å². The van der Waals surface area contributed by atoms with E-state index in [0.29, 0.717) is 0 Å². The lowest BCUT2D eigenvalue weighted by molar-refractivity contribution is -0.618. The fourth-order valence-electron chi connectivity index (χ4n) is 3.84. The maximum atomic E-state index is 12.3. The van der Waals surface area contributed by atoms with Gasteiger partial charge in [-0.05, 0) is 0 Å². The van der Waals surface area contributed by atoms with Crippen molar-refractivity contribution in [3.8, 4) is 0 Å². The van der Waals surface area contributed by atoms with E-state index >= 15 is 0 Å². The molecule has 0 saturated carbocycles. The largest absolute Gasteiger partial charge is 0.394 e. The third kappa shape index (κ3) is 7.94. The first-order chi connectivity index (χ1) is 18.3. The van der Waals surface area contributed by atoms with Gasteiger partial charge in [0, 0.05) is 4.92 Å². The Kier molecular flexibility index (Phi) is 15.8. The fraction of sp³-hybridized carbons (Fsp3) is 1.00. The molecule has 0 fully saturated rings. The van der Waals surface area contributed by atoms with Crippen molar-refractivity contribution in [1.82, 2.24) is 0 Å². The molecule has 0 amide bonds. The van der Waals surface area contributed by atoms with Gasteiger partial charge in [0.15, 0.2) is 18.3 Å². The van der Waals surface area contributed by atoms with Crippen LogP contribution in [0.1, 0.15) is 0 Å². The average molecular weight is 602 g/mol. The first-order valence-electron chi connectivity index (χ1n) is 11.5. The maximum Gasteiger partial charge on any atom is 0.305 e. The molecular formula is C19H39NO20. The zero-order valence-corrected chi connectivity index (χ0v) is 20.6. The minimum atomic E-state index is -4.31. The zero-order valence-electron chi connectivity index (χ0n) is 20.6. The van der Waals surface area contributed by atoms with Crippen molar-refractivity contribution in [3.05, 3.63) is 10.1 Å². The predicted octanol–water partition coefficient (Wildman–Crippen LogP) is -11.6. The van der Waals surface area contributed by atoms with E-state index in [-0.39, 0.29) is 0 Å². The van der Waals surface area contributed by atoms with Gasteiger partial charge < -0.3 is 91.9 Å². The Morgan fingerprint density at radius 1 is 0.425 bits per heavy atom. The first-order valence-corrected chi connectivity index (χ1v) is 11.5. The number of hydrogen-bond acceptors (Lipinski definition) is 20. The summed E-state index contributed by atoms with van der Waals surface area (Å²) < 4.78 is 0. The van der Waals surface area contributed by atoms with Gasteiger partial charge in [0.05, 0.1) is 19.8 Å². The third-order valence-corrected chi connectivity index (χ3v) is 6.55. The van der Waals surface area contributed by atoms with Crippen LogP contribution >= 0.6 is 0 Å². The Morgan fingerprint density at radius 2 is 0.625 bits per heavy atom. The van der Waals surface area contributed by atoms with Gasteiger partial charge in [-0.1, -0.05) is 0 Å². The Morgan fingerprint density at radius 3 is 0.775 bits per heavy atom. The smallest absolute Gasteiger partial charge is 0.305 e. The molecule has 0 aliphatic heterocycles. The van der Waals surface area contributed by atoms with Crippen molar-refractivity contribution >= 4 is 0 Å². The summed E-state index contributed by atoms with van der Waals surface area (Å²) in [5.74, 6) is 0. The quantitative estimate of drug-likeness (QED) is 0.0482. The molecule has 21 nitrogen and oxygen atoms in total. The van der Waals surface area contributed by atoms with Gasteiger partial charge in [0.1, 0.15) is 73.2 Å². The summed E-state index contributed by atoms with van der Waals surface area (Å²) in [4.78, 5) is 10.4. The summed E-state index contributed by atoms with van der Waals surface area (Å²) in [7, 11) is 0. The normalized spacial score (nSPS) is 25.4. The molecule has 21 heteroatoms. The van der Waals surface area contributed by atoms with E-state index in [4.69, 9.17) is 15.3 Å². The molecule has 0 bridgehead atoms. The Labute approximate surface area is 224 Å². The van der Waals surface area contributed by atoms with Crippen LogP contribution in [0.2, 0.25) is 0 Å². The van der Waals surface area contributed by atoms with Gasteiger partial charge in [0.2, 0.25) is 0 Å². The van der Waals surface area contributed by atoms with Crippen molar-refractivity contribution < 1.29 is 96.8 Å². The van der Waals surface area contributed by atoms with Crippen LogP contribution in [-0.2, 0) is 0 Å². The van der Waals surface area contributed by atoms with Crippen molar-refractivity contribution in [2.45, 2.75) is 97.1 Å². The molecule has 240 valence electrons. The highest BCUT2D eigenvalue weighted by molar-refractivity contribution is 5.10. The summed E-state index contributed by atoms with van der Waals surface area (Å²) >= 11 is 0. The van der Waals surface area contributed by atoms with Gasteiger partial charge in [-0.3, -0.25) is 10.1 Å². The number of nitrogens with zero attached hydrogens (tertiary/aromatic N) is 1. The lowest BCUT2D eigenvalue weighted by Gasteiger charge is -2.44. The molecule has 0 rings (SSSR count). The van der Waals surface area contributed by atoms with Crippen LogP contribution in [0.4, 0.5) is 0 Å². The van der Waals surface area contributed by atoms with E-state index in [1.807, 2.05) is 0 Å². The lowest BCUT2D eigenvalue weighted by atomic mass is 9.71. The number of aliphatic hydroxyl groups excluding tert-OH is 18. The van der Waals surface area contributed by atoms with Gasteiger partial charge in [-0.25, -0.2) is 0 Å². The van der Waals surface area contributed by atoms with Crippen LogP contribution in [0.3, 0.4) is 0 Å². The van der Waals surface area contributed by atoms with E-state index in [0.717, 1.165) is 0 Å². The molecule has 0 heterocycles. The Balaban J connectivity index is 7.02. The molecular weight excluding hydrogens is 562 g/mol. The highest BCUT2D eigenvalue weighted by atomic mass is 16.6. The van der Waals surface area contributed by atoms with Gasteiger partial charge >= 0.3 is 5.54 Å². The highest BCUT2D eigenvalue weighted by Crippen LogP contribution is 2.34. The third-order valence-electron chi connectivity index (χ3n) is 6.55. The summed E-state index contributed by atoms with van der Waals surface area (Å²) in [5.41, 5.74) is -4.31. The summed E-state index contributed by atoms with van der Waals surface area (Å²) in [5, 5.41) is 191. The topological polar surface area (TPSA) is 407 Å². The fourth-order valence-corrected chi connectivity index (χ4v) is 3.84. The number of aliphatic hydroxyl groups is 18. The van der Waals surface area contributed by atoms with Gasteiger partial charge in [-0.15, -0.1) is 0 Å². The second kappa shape index (κ2) is 16.4. The van der Waals surface area contributed by atoms with E-state index in [9.17, 15) is 86.7 Å². The molecule has 15 atom stereocenters. The molecule has 0 saturated heterocycles. The van der Waals surface area contributed by atoms with Crippen LogP contribution in [-0.4, -0.2) is 214 Å². The monoisotopic (exact) mass is 601 g/mol. The molecule has 0 radical (unpaired) electrons. The first kappa shape index (κ1) is 38.7. The van der Waals surface area contributed by atoms with Crippen molar-refractivity contribution in [3.63, 3.8) is 0 Å². The summed E-state index contributed by atoms with van der Waals surface area (Å²) in [6, 6.07) is 0. The highest BCUT2D eigenvalue weighted by Gasteiger charge is 2.69. The number of hydrogen-bond donors (Lipinski definition) is 18. The van der Waals surface area contributed by atoms with Crippen LogP contribution in [0.25, 0.3) is 0 Å². The Bertz CT molecular complexity index is 665. The summed E-state index contributed by atoms with van der Waals surface area (Å²) in [6.07, 6.45) is -43.1. The van der Waals surface area contributed by atoms with E-state index in [1.54, 1.807) is 0 Å².